The van der Waals surface area contributed by atoms with Gasteiger partial charge in [0.1, 0.15) is 0 Å². The molecule has 0 aliphatic carbocycles. The van der Waals surface area contributed by atoms with Gasteiger partial charge >= 0.3 is 19.7 Å². The third kappa shape index (κ3) is 4.61. The Bertz CT molecular complexity index is 222. The van der Waals surface area contributed by atoms with Gasteiger partial charge in [0.25, 0.3) is 0 Å². The van der Waals surface area contributed by atoms with Crippen molar-refractivity contribution in [3.05, 3.63) is 0 Å². The molecule has 0 spiro atoms. The van der Waals surface area contributed by atoms with Gasteiger partial charge in [-0.15, -0.1) is 0 Å². The number of hydrogen-bond donors (Lipinski definition) is 0. The Labute approximate surface area is 114 Å². The first-order valence-corrected chi connectivity index (χ1v) is 6.63. The lowest BCUT2D eigenvalue weighted by Gasteiger charge is -2.26. The van der Waals surface area contributed by atoms with E-state index < -0.39 is 41.3 Å². The SMILES string of the molecule is FC(F)(Cl)C(F)(Cl)SSC(F)(Cl)C(F)(F)Cl. The molecule has 0 amide bonds. The van der Waals surface area contributed by atoms with E-state index in [9.17, 15) is 26.3 Å². The van der Waals surface area contributed by atoms with Crippen LogP contribution in [0.25, 0.3) is 0 Å². The quantitative estimate of drug-likeness (QED) is 0.344. The van der Waals surface area contributed by atoms with Crippen LogP contribution in [0.2, 0.25) is 0 Å². The zero-order chi connectivity index (χ0) is 13.4. The standard InChI is InChI=1S/C4Cl4F6S2/c5-1(9,10)3(7,13)15-16-4(8,14)2(6,11)12. The highest BCUT2D eigenvalue weighted by atomic mass is 35.5. The average Bonchev–Trinajstić information content (AvgIpc) is 1.97. The monoisotopic (exact) mass is 366 g/mol. The minimum atomic E-state index is -4.61. The van der Waals surface area contributed by atoms with Crippen LogP contribution < -0.4 is 0 Å². The minimum Gasteiger partial charge on any atom is -0.205 e. The Morgan fingerprint density at radius 2 is 0.750 bits per heavy atom. The van der Waals surface area contributed by atoms with E-state index in [-0.39, 0.29) is 0 Å². The normalized spacial score (nSPS) is 21.4. The van der Waals surface area contributed by atoms with Crippen molar-refractivity contribution in [1.29, 1.82) is 0 Å². The van der Waals surface area contributed by atoms with Crippen molar-refractivity contribution < 1.29 is 26.3 Å². The smallest absolute Gasteiger partial charge is 0.205 e. The maximum atomic E-state index is 12.8. The van der Waals surface area contributed by atoms with Gasteiger partial charge in [0.05, 0.1) is 0 Å². The van der Waals surface area contributed by atoms with Crippen LogP contribution in [0.1, 0.15) is 0 Å². The molecule has 0 saturated heterocycles. The fourth-order valence-electron chi connectivity index (χ4n) is 0.199. The zero-order valence-electron chi connectivity index (χ0n) is 6.60. The summed E-state index contributed by atoms with van der Waals surface area (Å²) in [6, 6.07) is 0. The highest BCUT2D eigenvalue weighted by molar-refractivity contribution is 8.78. The van der Waals surface area contributed by atoms with Gasteiger partial charge in [0.15, 0.2) is 0 Å². The largest absolute Gasteiger partial charge is 0.379 e. The number of halogens is 10. The summed E-state index contributed by atoms with van der Waals surface area (Å²) >= 11 is 17.5. The molecule has 0 fully saturated rings. The number of rotatable bonds is 5. The second-order valence-electron chi connectivity index (χ2n) is 2.20. The Balaban J connectivity index is 4.59. The third-order valence-electron chi connectivity index (χ3n) is 0.911. The zero-order valence-corrected chi connectivity index (χ0v) is 11.3. The molecule has 16 heavy (non-hydrogen) atoms. The van der Waals surface area contributed by atoms with E-state index >= 15 is 0 Å². The van der Waals surface area contributed by atoms with E-state index in [1.165, 1.54) is 0 Å². The lowest BCUT2D eigenvalue weighted by molar-refractivity contribution is 0.0264. The van der Waals surface area contributed by atoms with Crippen molar-refractivity contribution in [2.75, 3.05) is 0 Å². The second kappa shape index (κ2) is 5.21. The van der Waals surface area contributed by atoms with Crippen LogP contribution in [-0.2, 0) is 0 Å². The van der Waals surface area contributed by atoms with Crippen LogP contribution in [0, 0.1) is 0 Å². The Morgan fingerprint density at radius 1 is 0.562 bits per heavy atom. The summed E-state index contributed by atoms with van der Waals surface area (Å²) in [5, 5.41) is -9.22. The summed E-state index contributed by atoms with van der Waals surface area (Å²) in [6.45, 7) is 0. The van der Waals surface area contributed by atoms with Crippen LogP contribution in [0.15, 0.2) is 0 Å². The molecular weight excluding hydrogens is 368 g/mol. The van der Waals surface area contributed by atoms with Crippen molar-refractivity contribution in [1.82, 2.24) is 0 Å². The molecule has 0 aliphatic heterocycles. The highest BCUT2D eigenvalue weighted by Gasteiger charge is 2.59. The van der Waals surface area contributed by atoms with Gasteiger partial charge in [-0.3, -0.25) is 0 Å². The van der Waals surface area contributed by atoms with E-state index in [1.807, 2.05) is 0 Å². The summed E-state index contributed by atoms with van der Waals surface area (Å²) in [5.74, 6) is 0. The van der Waals surface area contributed by atoms with Gasteiger partial charge in [-0.05, 0) is 44.8 Å². The first-order valence-electron chi connectivity index (χ1n) is 2.96. The fraction of sp³-hybridized carbons (Fsp3) is 1.00. The fourth-order valence-corrected chi connectivity index (χ4v) is 2.93. The average molecular weight is 368 g/mol. The molecule has 0 aliphatic rings. The molecular formula is C4Cl4F6S2. The van der Waals surface area contributed by atoms with Gasteiger partial charge < -0.3 is 0 Å². The first kappa shape index (κ1) is 17.4. The molecule has 0 nitrogen and oxygen atoms in total. The van der Waals surface area contributed by atoms with E-state index in [0.29, 0.717) is 0 Å². The second-order valence-corrected chi connectivity index (χ2v) is 7.09. The molecule has 0 rings (SSSR count). The minimum absolute atomic E-state index is 0.818. The van der Waals surface area contributed by atoms with Crippen molar-refractivity contribution in [2.45, 2.75) is 19.7 Å². The molecule has 0 aromatic rings. The summed E-state index contributed by atoms with van der Waals surface area (Å²) in [5.41, 5.74) is 0. The van der Waals surface area contributed by atoms with Crippen LogP contribution in [0.4, 0.5) is 26.3 Å². The van der Waals surface area contributed by atoms with Gasteiger partial charge in [-0.2, -0.15) is 17.6 Å². The van der Waals surface area contributed by atoms with Crippen LogP contribution in [0.3, 0.4) is 0 Å². The molecule has 98 valence electrons. The Morgan fingerprint density at radius 3 is 0.875 bits per heavy atom. The first-order chi connectivity index (χ1) is 6.71. The van der Waals surface area contributed by atoms with Gasteiger partial charge in [0.2, 0.25) is 0 Å². The maximum absolute atomic E-state index is 12.8. The molecule has 0 aromatic carbocycles. The topological polar surface area (TPSA) is 0 Å². The van der Waals surface area contributed by atoms with Crippen molar-refractivity contribution in [3.63, 3.8) is 0 Å². The molecule has 2 atom stereocenters. The van der Waals surface area contributed by atoms with Crippen molar-refractivity contribution in [3.8, 4) is 0 Å². The lowest BCUT2D eigenvalue weighted by Crippen LogP contribution is -2.33. The van der Waals surface area contributed by atoms with E-state index in [0.717, 1.165) is 0 Å². The van der Waals surface area contributed by atoms with Crippen molar-refractivity contribution >= 4 is 68.0 Å². The molecule has 0 heterocycles. The molecule has 0 saturated carbocycles. The summed E-state index contributed by atoms with van der Waals surface area (Å²) in [4.78, 5) is 0. The summed E-state index contributed by atoms with van der Waals surface area (Å²) < 4.78 is 66.5. The molecule has 2 unspecified atom stereocenters. The van der Waals surface area contributed by atoms with Crippen LogP contribution in [0.5, 0.6) is 0 Å². The van der Waals surface area contributed by atoms with Crippen molar-refractivity contribution in [2.24, 2.45) is 0 Å². The van der Waals surface area contributed by atoms with E-state index in [2.05, 4.69) is 46.4 Å². The van der Waals surface area contributed by atoms with Gasteiger partial charge in [-0.25, -0.2) is 8.78 Å². The van der Waals surface area contributed by atoms with Gasteiger partial charge in [-0.1, -0.05) is 23.2 Å². The molecule has 0 aromatic heterocycles. The highest BCUT2D eigenvalue weighted by Crippen LogP contribution is 2.60. The van der Waals surface area contributed by atoms with E-state index in [4.69, 9.17) is 0 Å². The lowest BCUT2D eigenvalue weighted by atomic mass is 10.8. The summed E-state index contributed by atoms with van der Waals surface area (Å²) in [7, 11) is -1.64. The third-order valence-corrected chi connectivity index (χ3v) is 5.98. The molecule has 12 heteroatoms. The Kier molecular flexibility index (Phi) is 5.67. The predicted molar refractivity (Wildman–Crippen MR) is 56.2 cm³/mol. The Hall–Kier alpha value is 1.44. The van der Waals surface area contributed by atoms with Crippen LogP contribution >= 0.6 is 68.0 Å². The molecule has 0 radical (unpaired) electrons. The van der Waals surface area contributed by atoms with Gasteiger partial charge in [0, 0.05) is 0 Å². The number of alkyl halides is 10. The molecule has 0 N–H and O–H groups in total. The predicted octanol–water partition coefficient (Wildman–Crippen LogP) is 5.76. The molecule has 0 bridgehead atoms. The van der Waals surface area contributed by atoms with Crippen LogP contribution in [-0.4, -0.2) is 19.7 Å². The van der Waals surface area contributed by atoms with E-state index in [1.54, 1.807) is 0 Å². The maximum Gasteiger partial charge on any atom is 0.379 e. The number of hydrogen-bond acceptors (Lipinski definition) is 2. The summed E-state index contributed by atoms with van der Waals surface area (Å²) in [6.07, 6.45) is 0.